The maximum atomic E-state index is 2.48. The Morgan fingerprint density at radius 2 is 1.80 bits per heavy atom. The van der Waals surface area contributed by atoms with Crippen LogP contribution in [0.4, 0.5) is 0 Å². The Morgan fingerprint density at radius 3 is 2.50 bits per heavy atom. The molecule has 1 heteroatoms. The summed E-state index contributed by atoms with van der Waals surface area (Å²) in [5.41, 5.74) is 0. The Morgan fingerprint density at radius 1 is 1.10 bits per heavy atom. The monoisotopic (exact) mass is 214 g/mol. The Labute approximate surface area is 90.0 Å². The minimum Gasteiger partial charge on any atom is -0.326 e. The van der Waals surface area contributed by atoms with Gasteiger partial charge in [0.25, 0.3) is 0 Å². The van der Waals surface area contributed by atoms with E-state index in [9.17, 15) is 0 Å². The molecule has 10 heavy (non-hydrogen) atoms. The number of rotatable bonds is 0. The molecule has 1 fully saturated rings. The van der Waals surface area contributed by atoms with Gasteiger partial charge < -0.3 is 6.42 Å². The molecule has 1 aliphatic rings. The second kappa shape index (κ2) is 5.72. The van der Waals surface area contributed by atoms with E-state index in [-0.39, 0.29) is 32.7 Å². The first-order chi connectivity index (χ1) is 4.29. The van der Waals surface area contributed by atoms with Gasteiger partial charge in [0.05, 0.1) is 0 Å². The SMILES string of the molecule is CC1[CH-]CCC(C)CC1.[Y]. The molecule has 0 saturated heterocycles. The van der Waals surface area contributed by atoms with Gasteiger partial charge in [-0.3, -0.25) is 0 Å². The van der Waals surface area contributed by atoms with Crippen molar-refractivity contribution in [3.8, 4) is 0 Å². The molecular formula is C9H17Y-. The van der Waals surface area contributed by atoms with Gasteiger partial charge >= 0.3 is 0 Å². The summed E-state index contributed by atoms with van der Waals surface area (Å²) in [5, 5.41) is 0. The van der Waals surface area contributed by atoms with Crippen LogP contribution >= 0.6 is 0 Å². The van der Waals surface area contributed by atoms with Crippen LogP contribution in [0.5, 0.6) is 0 Å². The van der Waals surface area contributed by atoms with Crippen LogP contribution in [0.3, 0.4) is 0 Å². The molecule has 0 aromatic carbocycles. The smallest absolute Gasteiger partial charge is 0 e. The van der Waals surface area contributed by atoms with Gasteiger partial charge in [-0.1, -0.05) is 33.1 Å². The third kappa shape index (κ3) is 4.08. The topological polar surface area (TPSA) is 0 Å². The fourth-order valence-corrected chi connectivity index (χ4v) is 1.47. The van der Waals surface area contributed by atoms with Crippen LogP contribution in [0.2, 0.25) is 0 Å². The van der Waals surface area contributed by atoms with Crippen LogP contribution in [0.15, 0.2) is 0 Å². The van der Waals surface area contributed by atoms with Crippen LogP contribution < -0.4 is 0 Å². The van der Waals surface area contributed by atoms with E-state index >= 15 is 0 Å². The summed E-state index contributed by atoms with van der Waals surface area (Å²) < 4.78 is 0. The molecule has 0 N–H and O–H groups in total. The van der Waals surface area contributed by atoms with E-state index in [2.05, 4.69) is 20.3 Å². The average Bonchev–Trinajstić information content (AvgIpc) is 1.97. The van der Waals surface area contributed by atoms with Crippen molar-refractivity contribution in [3.63, 3.8) is 0 Å². The Kier molecular flexibility index (Phi) is 6.35. The summed E-state index contributed by atoms with van der Waals surface area (Å²) in [6.45, 7) is 4.70. The zero-order chi connectivity index (χ0) is 6.69. The molecule has 0 spiro atoms. The van der Waals surface area contributed by atoms with E-state index in [0.29, 0.717) is 0 Å². The van der Waals surface area contributed by atoms with Crippen molar-refractivity contribution in [3.05, 3.63) is 6.42 Å². The van der Waals surface area contributed by atoms with Crippen molar-refractivity contribution in [2.24, 2.45) is 11.8 Å². The van der Waals surface area contributed by atoms with E-state index < -0.39 is 0 Å². The normalized spacial score (nSPS) is 34.2. The summed E-state index contributed by atoms with van der Waals surface area (Å²) in [7, 11) is 0. The standard InChI is InChI=1S/C9H17.Y/c1-8-4-3-5-9(2)7-6-8;/h4,8-9H,3,5-7H2,1-2H3;/q-1;. The Bertz CT molecular complexity index is 70.8. The summed E-state index contributed by atoms with van der Waals surface area (Å²) in [4.78, 5) is 0. The maximum absolute atomic E-state index is 2.48. The largest absolute Gasteiger partial charge is 0.326 e. The van der Waals surface area contributed by atoms with Crippen LogP contribution in [0, 0.1) is 18.3 Å². The van der Waals surface area contributed by atoms with Crippen molar-refractivity contribution < 1.29 is 32.7 Å². The van der Waals surface area contributed by atoms with Gasteiger partial charge in [-0.05, 0) is 5.92 Å². The molecule has 0 amide bonds. The van der Waals surface area contributed by atoms with E-state index in [1.54, 1.807) is 0 Å². The van der Waals surface area contributed by atoms with E-state index in [1.807, 2.05) is 0 Å². The summed E-state index contributed by atoms with van der Waals surface area (Å²) in [5.74, 6) is 1.86. The van der Waals surface area contributed by atoms with Crippen molar-refractivity contribution in [1.82, 2.24) is 0 Å². The molecule has 2 atom stereocenters. The minimum absolute atomic E-state index is 0. The Hall–Kier alpha value is 1.10. The minimum atomic E-state index is 0. The molecule has 0 aromatic rings. The van der Waals surface area contributed by atoms with Crippen LogP contribution in [0.1, 0.15) is 39.5 Å². The molecule has 1 radical (unpaired) electrons. The molecule has 1 saturated carbocycles. The second-order valence-corrected chi connectivity index (χ2v) is 3.47. The van der Waals surface area contributed by atoms with Crippen molar-refractivity contribution in [2.45, 2.75) is 39.5 Å². The molecule has 1 rings (SSSR count). The third-order valence-electron chi connectivity index (χ3n) is 2.34. The molecule has 0 heterocycles. The van der Waals surface area contributed by atoms with Crippen molar-refractivity contribution in [1.29, 1.82) is 0 Å². The summed E-state index contributed by atoms with van der Waals surface area (Å²) in [6.07, 6.45) is 8.11. The fourth-order valence-electron chi connectivity index (χ4n) is 1.47. The van der Waals surface area contributed by atoms with Gasteiger partial charge in [0, 0.05) is 32.7 Å². The first-order valence-electron chi connectivity index (χ1n) is 4.12. The predicted octanol–water partition coefficient (Wildman–Crippen LogP) is 3.03. The fraction of sp³-hybridized carbons (Fsp3) is 0.889. The molecule has 2 unspecified atom stereocenters. The van der Waals surface area contributed by atoms with E-state index in [0.717, 1.165) is 11.8 Å². The van der Waals surface area contributed by atoms with Gasteiger partial charge in [0.1, 0.15) is 0 Å². The number of hydrogen-bond acceptors (Lipinski definition) is 0. The first kappa shape index (κ1) is 11.1. The molecule has 0 bridgehead atoms. The summed E-state index contributed by atoms with van der Waals surface area (Å²) >= 11 is 0. The Balaban J connectivity index is 0.000000810. The van der Waals surface area contributed by atoms with Gasteiger partial charge in [-0.2, -0.15) is 12.3 Å². The average molecular weight is 214 g/mol. The zero-order valence-corrected chi connectivity index (χ0v) is 9.98. The van der Waals surface area contributed by atoms with Crippen LogP contribution in [-0.4, -0.2) is 0 Å². The van der Waals surface area contributed by atoms with Gasteiger partial charge in [0.2, 0.25) is 0 Å². The first-order valence-corrected chi connectivity index (χ1v) is 4.12. The van der Waals surface area contributed by atoms with Crippen molar-refractivity contribution in [2.75, 3.05) is 0 Å². The van der Waals surface area contributed by atoms with Gasteiger partial charge in [0.15, 0.2) is 0 Å². The second-order valence-electron chi connectivity index (χ2n) is 3.47. The van der Waals surface area contributed by atoms with Gasteiger partial charge in [-0.25, -0.2) is 0 Å². The zero-order valence-electron chi connectivity index (χ0n) is 7.14. The maximum Gasteiger partial charge on any atom is 0 e. The molecule has 57 valence electrons. The molecule has 1 aliphatic carbocycles. The summed E-state index contributed by atoms with van der Waals surface area (Å²) in [6, 6.07) is 0. The predicted molar refractivity (Wildman–Crippen MR) is 41.1 cm³/mol. The number of hydrogen-bond donors (Lipinski definition) is 0. The quantitative estimate of drug-likeness (QED) is 0.429. The molecule has 0 nitrogen and oxygen atoms in total. The van der Waals surface area contributed by atoms with E-state index in [4.69, 9.17) is 0 Å². The third-order valence-corrected chi connectivity index (χ3v) is 2.34. The van der Waals surface area contributed by atoms with E-state index in [1.165, 1.54) is 25.7 Å². The van der Waals surface area contributed by atoms with Crippen LogP contribution in [-0.2, 0) is 32.7 Å². The molecule has 0 aliphatic heterocycles. The van der Waals surface area contributed by atoms with Gasteiger partial charge in [-0.15, -0.1) is 0 Å². The van der Waals surface area contributed by atoms with Crippen LogP contribution in [0.25, 0.3) is 0 Å². The molecular weight excluding hydrogens is 197 g/mol. The van der Waals surface area contributed by atoms with Crippen molar-refractivity contribution >= 4 is 0 Å². The molecule has 0 aromatic heterocycles.